The highest BCUT2D eigenvalue weighted by Gasteiger charge is 1.97. The fraction of sp³-hybridized carbons (Fsp3) is 0.273. The maximum absolute atomic E-state index is 10.1. The van der Waals surface area contributed by atoms with Crippen LogP contribution >= 0.6 is 0 Å². The quantitative estimate of drug-likeness (QED) is 0.564. The van der Waals surface area contributed by atoms with Crippen molar-refractivity contribution in [1.82, 2.24) is 5.32 Å². The van der Waals surface area contributed by atoms with Gasteiger partial charge in [0.25, 0.3) is 0 Å². The van der Waals surface area contributed by atoms with Gasteiger partial charge in [0.2, 0.25) is 6.41 Å². The molecule has 14 heavy (non-hydrogen) atoms. The van der Waals surface area contributed by atoms with Crippen LogP contribution in [0.25, 0.3) is 0 Å². The minimum Gasteiger partial charge on any atom is -0.355 e. The summed E-state index contributed by atoms with van der Waals surface area (Å²) in [4.78, 5) is 14.1. The zero-order chi connectivity index (χ0) is 10.4. The first-order chi connectivity index (χ1) is 6.77. The van der Waals surface area contributed by atoms with E-state index in [4.69, 9.17) is 0 Å². The molecule has 1 aromatic rings. The summed E-state index contributed by atoms with van der Waals surface area (Å²) < 4.78 is 0. The van der Waals surface area contributed by atoms with Crippen molar-refractivity contribution in [3.63, 3.8) is 0 Å². The Labute approximate surface area is 83.9 Å². The summed E-state index contributed by atoms with van der Waals surface area (Å²) in [6.07, 6.45) is 2.53. The zero-order valence-corrected chi connectivity index (χ0v) is 8.45. The molecule has 0 aliphatic heterocycles. The maximum Gasteiger partial charge on any atom is 0.207 e. The summed E-state index contributed by atoms with van der Waals surface area (Å²) in [6.45, 7) is 2.61. The van der Waals surface area contributed by atoms with E-state index >= 15 is 0 Å². The van der Waals surface area contributed by atoms with Gasteiger partial charge in [-0.15, -0.1) is 0 Å². The Kier molecular flexibility index (Phi) is 3.85. The van der Waals surface area contributed by atoms with E-state index in [1.807, 2.05) is 31.3 Å². The van der Waals surface area contributed by atoms with E-state index in [2.05, 4.69) is 10.3 Å². The van der Waals surface area contributed by atoms with Gasteiger partial charge in [0.05, 0.1) is 0 Å². The van der Waals surface area contributed by atoms with Gasteiger partial charge >= 0.3 is 0 Å². The normalized spacial score (nSPS) is 10.4. The van der Waals surface area contributed by atoms with Crippen LogP contribution in [-0.4, -0.2) is 19.7 Å². The number of carbonyl (C=O) groups excluding carboxylic acids is 1. The van der Waals surface area contributed by atoms with Crippen molar-refractivity contribution in [3.8, 4) is 0 Å². The van der Waals surface area contributed by atoms with Crippen LogP contribution in [0.2, 0.25) is 0 Å². The zero-order valence-electron chi connectivity index (χ0n) is 8.45. The molecule has 0 unspecified atom stereocenters. The predicted molar refractivity (Wildman–Crippen MR) is 57.6 cm³/mol. The number of nitrogens with zero attached hydrogens (tertiary/aromatic N) is 1. The standard InChI is InChI=1S/C11H14N2O/c1-9-5-10(6-13-8-14)3-4-11(9)7-12-2/h3-5,7-8H,6H2,1-2H3,(H,13,14). The molecular weight excluding hydrogens is 176 g/mol. The fourth-order valence-electron chi connectivity index (χ4n) is 1.29. The number of hydrogen-bond donors (Lipinski definition) is 1. The molecule has 1 rings (SSSR count). The van der Waals surface area contributed by atoms with Gasteiger partial charge < -0.3 is 5.32 Å². The van der Waals surface area contributed by atoms with Crippen LogP contribution in [-0.2, 0) is 11.3 Å². The summed E-state index contributed by atoms with van der Waals surface area (Å²) in [6, 6.07) is 6.04. The Bertz CT molecular complexity index is 345. The number of aryl methyl sites for hydroxylation is 1. The summed E-state index contributed by atoms with van der Waals surface area (Å²) in [7, 11) is 1.75. The average Bonchev–Trinajstić information content (AvgIpc) is 2.19. The Balaban J connectivity index is 2.83. The van der Waals surface area contributed by atoms with Crippen molar-refractivity contribution >= 4 is 12.6 Å². The number of rotatable bonds is 4. The van der Waals surface area contributed by atoms with Crippen molar-refractivity contribution in [2.75, 3.05) is 7.05 Å². The molecule has 0 saturated carbocycles. The highest BCUT2D eigenvalue weighted by Crippen LogP contribution is 2.08. The lowest BCUT2D eigenvalue weighted by molar-refractivity contribution is -0.109. The first-order valence-corrected chi connectivity index (χ1v) is 4.46. The minimum absolute atomic E-state index is 0.577. The summed E-state index contributed by atoms with van der Waals surface area (Å²) in [5, 5.41) is 2.63. The third kappa shape index (κ3) is 2.69. The number of amides is 1. The second kappa shape index (κ2) is 5.17. The molecule has 0 aromatic heterocycles. The molecule has 0 saturated heterocycles. The molecule has 1 aromatic carbocycles. The topological polar surface area (TPSA) is 41.5 Å². The van der Waals surface area contributed by atoms with Crippen LogP contribution in [0.15, 0.2) is 23.2 Å². The largest absolute Gasteiger partial charge is 0.355 e. The SMILES string of the molecule is CN=Cc1ccc(CNC=O)cc1C. The molecule has 0 radical (unpaired) electrons. The summed E-state index contributed by atoms with van der Waals surface area (Å²) in [5.41, 5.74) is 3.38. The van der Waals surface area contributed by atoms with Crippen molar-refractivity contribution < 1.29 is 4.79 Å². The van der Waals surface area contributed by atoms with E-state index in [1.165, 1.54) is 5.56 Å². The highest BCUT2D eigenvalue weighted by molar-refractivity contribution is 5.81. The second-order valence-electron chi connectivity index (χ2n) is 3.08. The van der Waals surface area contributed by atoms with Gasteiger partial charge in [0.15, 0.2) is 0 Å². The first kappa shape index (κ1) is 10.4. The van der Waals surface area contributed by atoms with Crippen molar-refractivity contribution in [2.24, 2.45) is 4.99 Å². The van der Waals surface area contributed by atoms with Gasteiger partial charge in [0.1, 0.15) is 0 Å². The van der Waals surface area contributed by atoms with Gasteiger partial charge in [-0.25, -0.2) is 0 Å². The monoisotopic (exact) mass is 190 g/mol. The van der Waals surface area contributed by atoms with Gasteiger partial charge in [-0.3, -0.25) is 9.79 Å². The molecule has 1 amide bonds. The van der Waals surface area contributed by atoms with Crippen LogP contribution in [0.5, 0.6) is 0 Å². The van der Waals surface area contributed by atoms with E-state index in [1.54, 1.807) is 7.05 Å². The molecule has 0 aliphatic carbocycles. The van der Waals surface area contributed by atoms with E-state index in [-0.39, 0.29) is 0 Å². The summed E-state index contributed by atoms with van der Waals surface area (Å²) in [5.74, 6) is 0. The van der Waals surface area contributed by atoms with Crippen LogP contribution in [0.4, 0.5) is 0 Å². The van der Waals surface area contributed by atoms with Crippen molar-refractivity contribution in [2.45, 2.75) is 13.5 Å². The fourth-order valence-corrected chi connectivity index (χ4v) is 1.29. The lowest BCUT2D eigenvalue weighted by atomic mass is 10.1. The molecule has 0 fully saturated rings. The van der Waals surface area contributed by atoms with Crippen LogP contribution in [0, 0.1) is 6.92 Å². The third-order valence-corrected chi connectivity index (χ3v) is 1.99. The van der Waals surface area contributed by atoms with Crippen LogP contribution in [0.1, 0.15) is 16.7 Å². The molecule has 74 valence electrons. The molecular formula is C11H14N2O. The Morgan fingerprint density at radius 1 is 1.50 bits per heavy atom. The number of benzene rings is 1. The van der Waals surface area contributed by atoms with Crippen molar-refractivity contribution in [1.29, 1.82) is 0 Å². The highest BCUT2D eigenvalue weighted by atomic mass is 16.1. The lowest BCUT2D eigenvalue weighted by Crippen LogP contribution is -2.09. The molecule has 0 heterocycles. The van der Waals surface area contributed by atoms with Gasteiger partial charge in [0, 0.05) is 19.8 Å². The number of carbonyl (C=O) groups is 1. The van der Waals surface area contributed by atoms with E-state index in [0.29, 0.717) is 13.0 Å². The average molecular weight is 190 g/mol. The lowest BCUT2D eigenvalue weighted by Gasteiger charge is -2.04. The second-order valence-corrected chi connectivity index (χ2v) is 3.08. The number of nitrogens with one attached hydrogen (secondary N) is 1. The smallest absolute Gasteiger partial charge is 0.207 e. The van der Waals surface area contributed by atoms with Gasteiger partial charge in [-0.2, -0.15) is 0 Å². The Morgan fingerprint density at radius 3 is 2.86 bits per heavy atom. The van der Waals surface area contributed by atoms with Gasteiger partial charge in [-0.1, -0.05) is 18.2 Å². The molecule has 0 atom stereocenters. The predicted octanol–water partition coefficient (Wildman–Crippen LogP) is 1.29. The Morgan fingerprint density at radius 2 is 2.29 bits per heavy atom. The number of hydrogen-bond acceptors (Lipinski definition) is 2. The molecule has 3 heteroatoms. The molecule has 0 spiro atoms. The maximum atomic E-state index is 10.1. The van der Waals surface area contributed by atoms with Crippen LogP contribution < -0.4 is 5.32 Å². The third-order valence-electron chi connectivity index (χ3n) is 1.99. The molecule has 1 N–H and O–H groups in total. The van der Waals surface area contributed by atoms with E-state index in [0.717, 1.165) is 11.1 Å². The van der Waals surface area contributed by atoms with E-state index in [9.17, 15) is 4.79 Å². The summed E-state index contributed by atoms with van der Waals surface area (Å²) >= 11 is 0. The first-order valence-electron chi connectivity index (χ1n) is 4.46. The molecule has 3 nitrogen and oxygen atoms in total. The molecule has 0 bridgehead atoms. The van der Waals surface area contributed by atoms with Crippen molar-refractivity contribution in [3.05, 3.63) is 34.9 Å². The van der Waals surface area contributed by atoms with E-state index < -0.39 is 0 Å². The van der Waals surface area contributed by atoms with Gasteiger partial charge in [-0.05, 0) is 23.6 Å². The number of aliphatic imine (C=N–C) groups is 1. The minimum atomic E-state index is 0.577. The molecule has 0 aliphatic rings. The Hall–Kier alpha value is -1.64. The van der Waals surface area contributed by atoms with Crippen LogP contribution in [0.3, 0.4) is 0 Å².